The highest BCUT2D eigenvalue weighted by molar-refractivity contribution is 6.12. The summed E-state index contributed by atoms with van der Waals surface area (Å²) in [6.07, 6.45) is -0.368. The number of amides is 1. The van der Waals surface area contributed by atoms with Gasteiger partial charge in [-0.1, -0.05) is 24.3 Å². The number of hydrogen-bond donors (Lipinski definition) is 0. The summed E-state index contributed by atoms with van der Waals surface area (Å²) < 4.78 is 56.9. The second kappa shape index (κ2) is 7.59. The minimum Gasteiger partial charge on any atom is -0.415 e. The van der Waals surface area contributed by atoms with Crippen LogP contribution in [0.4, 0.5) is 23.2 Å². The SMILES string of the molecule is O=C1c2cc(-c3nnc(C(F)F)o3)ccc2CN1c1ccccc1-c1cnn(C(F)F)c1. The van der Waals surface area contributed by atoms with Gasteiger partial charge >= 0.3 is 13.0 Å². The molecule has 2 aromatic heterocycles. The average Bonchev–Trinajstić information content (AvgIpc) is 3.53. The number of benzene rings is 2. The minimum absolute atomic E-state index is 0.117. The van der Waals surface area contributed by atoms with Gasteiger partial charge in [-0.05, 0) is 23.8 Å². The normalized spacial score (nSPS) is 13.4. The number of nitrogens with zero attached hydrogens (tertiary/aromatic N) is 5. The highest BCUT2D eigenvalue weighted by Crippen LogP contribution is 2.37. The Hall–Kier alpha value is -4.02. The van der Waals surface area contributed by atoms with E-state index < -0.39 is 18.9 Å². The van der Waals surface area contributed by atoms with Gasteiger partial charge in [-0.15, -0.1) is 10.2 Å². The molecule has 0 aliphatic carbocycles. The van der Waals surface area contributed by atoms with E-state index in [0.717, 1.165) is 0 Å². The molecule has 0 atom stereocenters. The van der Waals surface area contributed by atoms with Crippen LogP contribution in [0.15, 0.2) is 59.3 Å². The Kier molecular flexibility index (Phi) is 4.72. The van der Waals surface area contributed by atoms with Gasteiger partial charge in [0.1, 0.15) is 0 Å². The van der Waals surface area contributed by atoms with Gasteiger partial charge in [0.25, 0.3) is 11.8 Å². The molecule has 3 heterocycles. The summed E-state index contributed by atoms with van der Waals surface area (Å²) in [4.78, 5) is 14.7. The van der Waals surface area contributed by atoms with Crippen molar-refractivity contribution in [1.29, 1.82) is 0 Å². The monoisotopic (exact) mass is 443 g/mol. The molecule has 7 nitrogen and oxygen atoms in total. The van der Waals surface area contributed by atoms with Crippen molar-refractivity contribution in [2.45, 2.75) is 19.5 Å². The number of alkyl halides is 4. The van der Waals surface area contributed by atoms with E-state index in [2.05, 4.69) is 15.3 Å². The first-order chi connectivity index (χ1) is 15.4. The zero-order valence-corrected chi connectivity index (χ0v) is 16.1. The van der Waals surface area contributed by atoms with Crippen molar-refractivity contribution >= 4 is 11.6 Å². The Morgan fingerprint density at radius 2 is 1.78 bits per heavy atom. The number of aromatic nitrogens is 4. The van der Waals surface area contributed by atoms with Gasteiger partial charge < -0.3 is 9.32 Å². The van der Waals surface area contributed by atoms with Gasteiger partial charge in [-0.25, -0.2) is 4.68 Å². The lowest BCUT2D eigenvalue weighted by atomic mass is 10.1. The highest BCUT2D eigenvalue weighted by Gasteiger charge is 2.31. The Bertz CT molecular complexity index is 1320. The third-order valence-corrected chi connectivity index (χ3v) is 5.10. The number of hydrogen-bond acceptors (Lipinski definition) is 5. The highest BCUT2D eigenvalue weighted by atomic mass is 19.3. The molecule has 32 heavy (non-hydrogen) atoms. The number of fused-ring (bicyclic) bond motifs is 1. The average molecular weight is 443 g/mol. The second-order valence-corrected chi connectivity index (χ2v) is 7.01. The summed E-state index contributed by atoms with van der Waals surface area (Å²) >= 11 is 0. The molecule has 4 aromatic rings. The second-order valence-electron chi connectivity index (χ2n) is 7.01. The van der Waals surface area contributed by atoms with Crippen LogP contribution in [-0.4, -0.2) is 25.9 Å². The van der Waals surface area contributed by atoms with E-state index in [-0.39, 0.29) is 18.3 Å². The van der Waals surface area contributed by atoms with Crippen LogP contribution < -0.4 is 4.90 Å². The first kappa shape index (κ1) is 19.9. The maximum absolute atomic E-state index is 13.2. The number of carbonyl (C=O) groups is 1. The predicted molar refractivity (Wildman–Crippen MR) is 104 cm³/mol. The molecular weight excluding hydrogens is 430 g/mol. The van der Waals surface area contributed by atoms with Crippen molar-refractivity contribution in [3.8, 4) is 22.6 Å². The van der Waals surface area contributed by atoms with E-state index >= 15 is 0 Å². The van der Waals surface area contributed by atoms with Crippen molar-refractivity contribution in [3.05, 3.63) is 71.9 Å². The van der Waals surface area contributed by atoms with E-state index in [4.69, 9.17) is 4.42 Å². The molecule has 0 fully saturated rings. The molecule has 1 aliphatic heterocycles. The zero-order valence-electron chi connectivity index (χ0n) is 16.1. The molecule has 0 N–H and O–H groups in total. The van der Waals surface area contributed by atoms with E-state index in [9.17, 15) is 22.4 Å². The minimum atomic E-state index is -2.89. The van der Waals surface area contributed by atoms with Crippen molar-refractivity contribution in [1.82, 2.24) is 20.0 Å². The van der Waals surface area contributed by atoms with E-state index in [0.29, 0.717) is 38.2 Å². The van der Waals surface area contributed by atoms with Gasteiger partial charge in [0.2, 0.25) is 5.89 Å². The summed E-state index contributed by atoms with van der Waals surface area (Å²) in [5.74, 6) is -1.25. The lowest BCUT2D eigenvalue weighted by Crippen LogP contribution is -2.23. The first-order valence-electron chi connectivity index (χ1n) is 9.41. The fourth-order valence-electron chi connectivity index (χ4n) is 3.60. The third-order valence-electron chi connectivity index (χ3n) is 5.10. The number of rotatable bonds is 5. The van der Waals surface area contributed by atoms with Gasteiger partial charge in [-0.2, -0.15) is 22.7 Å². The smallest absolute Gasteiger partial charge is 0.333 e. The molecule has 0 radical (unpaired) electrons. The van der Waals surface area contributed by atoms with E-state index in [1.165, 1.54) is 23.4 Å². The number of anilines is 1. The predicted octanol–water partition coefficient (Wildman–Crippen LogP) is 5.09. The zero-order chi connectivity index (χ0) is 22.4. The number of halogens is 4. The fourth-order valence-corrected chi connectivity index (χ4v) is 3.60. The van der Waals surface area contributed by atoms with Crippen molar-refractivity contribution < 1.29 is 26.8 Å². The lowest BCUT2D eigenvalue weighted by molar-refractivity contribution is 0.0566. The molecule has 0 spiro atoms. The molecule has 0 bridgehead atoms. The molecule has 5 rings (SSSR count). The summed E-state index contributed by atoms with van der Waals surface area (Å²) in [5.41, 5.74) is 2.95. The molecule has 1 aliphatic rings. The van der Waals surface area contributed by atoms with Crippen LogP contribution in [0.25, 0.3) is 22.6 Å². The Labute approximate surface area is 177 Å². The maximum Gasteiger partial charge on any atom is 0.333 e. The van der Waals surface area contributed by atoms with Crippen LogP contribution in [0, 0.1) is 0 Å². The molecular formula is C21H13F4N5O2. The Balaban J connectivity index is 1.49. The summed E-state index contributed by atoms with van der Waals surface area (Å²) in [7, 11) is 0. The Morgan fingerprint density at radius 3 is 2.50 bits per heavy atom. The molecule has 0 saturated heterocycles. The van der Waals surface area contributed by atoms with Gasteiger partial charge in [-0.3, -0.25) is 4.79 Å². The molecule has 0 saturated carbocycles. The summed E-state index contributed by atoms with van der Waals surface area (Å²) in [5, 5.41) is 10.6. The number of para-hydroxylation sites is 1. The van der Waals surface area contributed by atoms with Crippen LogP contribution in [0.3, 0.4) is 0 Å². The molecule has 0 unspecified atom stereocenters. The van der Waals surface area contributed by atoms with Gasteiger partial charge in [0.05, 0.1) is 18.4 Å². The standard InChI is InChI=1S/C21H13F4N5O2/c22-17(23)19-28-27-18(32-19)11-5-6-12-9-29(20(31)15(12)7-11)16-4-2-1-3-14(16)13-8-26-30(10-13)21(24)25/h1-8,10,17,21H,9H2. The van der Waals surface area contributed by atoms with Crippen LogP contribution >= 0.6 is 0 Å². The molecule has 2 aromatic carbocycles. The quantitative estimate of drug-likeness (QED) is 0.402. The molecule has 11 heteroatoms. The Morgan fingerprint density at radius 1 is 0.969 bits per heavy atom. The van der Waals surface area contributed by atoms with Crippen molar-refractivity contribution in [2.24, 2.45) is 0 Å². The van der Waals surface area contributed by atoms with Crippen molar-refractivity contribution in [3.63, 3.8) is 0 Å². The van der Waals surface area contributed by atoms with Crippen molar-refractivity contribution in [2.75, 3.05) is 4.90 Å². The molecule has 1 amide bonds. The number of carbonyl (C=O) groups excluding carboxylic acids is 1. The van der Waals surface area contributed by atoms with Gasteiger partial charge in [0, 0.05) is 28.5 Å². The lowest BCUT2D eigenvalue weighted by Gasteiger charge is -2.19. The van der Waals surface area contributed by atoms with E-state index in [1.807, 2.05) is 0 Å². The van der Waals surface area contributed by atoms with Gasteiger partial charge in [0.15, 0.2) is 0 Å². The van der Waals surface area contributed by atoms with E-state index in [1.54, 1.807) is 36.4 Å². The van der Waals surface area contributed by atoms with Crippen LogP contribution in [0.2, 0.25) is 0 Å². The molecule has 162 valence electrons. The van der Waals surface area contributed by atoms with Crippen LogP contribution in [0.5, 0.6) is 0 Å². The summed E-state index contributed by atoms with van der Waals surface area (Å²) in [6, 6.07) is 11.7. The van der Waals surface area contributed by atoms with Crippen LogP contribution in [0.1, 0.15) is 34.8 Å². The maximum atomic E-state index is 13.2. The largest absolute Gasteiger partial charge is 0.415 e. The third kappa shape index (κ3) is 3.31. The fraction of sp³-hybridized carbons (Fsp3) is 0.143. The summed E-state index contributed by atoms with van der Waals surface area (Å²) in [6.45, 7) is -2.53. The topological polar surface area (TPSA) is 77.1 Å². The van der Waals surface area contributed by atoms with Crippen LogP contribution in [-0.2, 0) is 6.54 Å². The first-order valence-corrected chi connectivity index (χ1v) is 9.41.